The molecule has 37 heavy (non-hydrogen) atoms. The Kier molecular flexibility index (Phi) is 10.1. The molecule has 0 atom stereocenters. The van der Waals surface area contributed by atoms with Crippen molar-refractivity contribution in [1.29, 1.82) is 0 Å². The molecule has 2 N–H and O–H groups in total. The van der Waals surface area contributed by atoms with Crippen LogP contribution < -0.4 is 12.4 Å². The second-order valence-electron chi connectivity index (χ2n) is 8.11. The zero-order chi connectivity index (χ0) is 25.9. The molecule has 13 heteroatoms. The Hall–Kier alpha value is -2.48. The molecule has 0 saturated carbocycles. The molecule has 3 heterocycles. The summed E-state index contributed by atoms with van der Waals surface area (Å²) in [6, 6.07) is 19.8. The molecule has 0 unspecified atom stereocenters. The minimum Gasteiger partial charge on any atom is -1.00 e. The Balaban J connectivity index is 0.000000310. The van der Waals surface area contributed by atoms with E-state index in [0.717, 1.165) is 22.6 Å². The van der Waals surface area contributed by atoms with Crippen molar-refractivity contribution in [2.45, 2.75) is 26.7 Å². The average molecular weight is 649 g/mol. The number of aromatic amines is 2. The van der Waals surface area contributed by atoms with Gasteiger partial charge in [0.15, 0.2) is 5.82 Å². The minimum atomic E-state index is -10.7. The van der Waals surface area contributed by atoms with Gasteiger partial charge in [-0.3, -0.25) is 4.98 Å². The molecule has 2 aromatic carbocycles. The number of hydrogen-bond acceptors (Lipinski definition) is 2. The Bertz CT molecular complexity index is 1410. The fourth-order valence-electron chi connectivity index (χ4n) is 3.22. The van der Waals surface area contributed by atoms with Crippen molar-refractivity contribution in [3.05, 3.63) is 84.3 Å². The topological polar surface area (TPSA) is 57.4 Å². The van der Waals surface area contributed by atoms with Gasteiger partial charge in [0, 0.05) is 34.9 Å². The zero-order valence-electron chi connectivity index (χ0n) is 19.8. The number of pyridine rings is 1. The summed E-state index contributed by atoms with van der Waals surface area (Å²) < 4.78 is 59.2. The Morgan fingerprint density at radius 3 is 2.05 bits per heavy atom. The summed E-state index contributed by atoms with van der Waals surface area (Å²) in [6.07, 6.45) is 5.36. The number of halogens is 7. The fourth-order valence-corrected chi connectivity index (χ4v) is 3.22. The molecule has 0 amide bonds. The summed E-state index contributed by atoms with van der Waals surface area (Å²) >= 11 is 0. The summed E-state index contributed by atoms with van der Waals surface area (Å²) in [6.45, 7) is 6.45. The summed E-state index contributed by atoms with van der Waals surface area (Å²) in [5.74, 6) is 1.41. The quantitative estimate of drug-likeness (QED) is 0.101. The number of para-hydroxylation sites is 1. The van der Waals surface area contributed by atoms with Gasteiger partial charge in [-0.2, -0.15) is 35.4 Å². The number of nitrogens with one attached hydrogen (secondary N) is 2. The molecule has 5 rings (SSSR count). The smallest absolute Gasteiger partial charge is 1.00 e. The van der Waals surface area contributed by atoms with E-state index in [0.29, 0.717) is 5.92 Å². The van der Waals surface area contributed by atoms with E-state index in [1.54, 1.807) is 12.4 Å². The number of aryl methyl sites for hydroxylation is 1. The van der Waals surface area contributed by atoms with E-state index in [1.165, 1.54) is 21.9 Å². The predicted octanol–water partition coefficient (Wildman–Crippen LogP) is 6.41. The van der Waals surface area contributed by atoms with E-state index in [-0.39, 0.29) is 31.9 Å². The van der Waals surface area contributed by atoms with Crippen molar-refractivity contribution in [3.8, 4) is 11.5 Å². The standard InChI is InChI=1S/C14H10N4.C10H13.ClH.F6P.Ru/c1-2-4-11-9(3-1)10-5-6-15-13(12(10)18-11)14-16-7-8-17-14;1-8(2)10-6-4-9(3)5-7-10;;1-7(2,3,4,5)6;/h1-8,18H,(H,16,17);4,6-8H,1-3H3;1H;;/q;-1;;-1;+3/p-1. The van der Waals surface area contributed by atoms with E-state index in [4.69, 9.17) is 0 Å². The Labute approximate surface area is 228 Å². The van der Waals surface area contributed by atoms with Gasteiger partial charge in [0.25, 0.3) is 0 Å². The van der Waals surface area contributed by atoms with Crippen LogP contribution in [0.4, 0.5) is 25.2 Å². The van der Waals surface area contributed by atoms with E-state index >= 15 is 0 Å². The van der Waals surface area contributed by atoms with Gasteiger partial charge in [0.05, 0.1) is 5.52 Å². The number of benzene rings is 2. The first kappa shape index (κ1) is 32.6. The molecule has 0 aliphatic carbocycles. The first-order valence-corrected chi connectivity index (χ1v) is 12.5. The normalized spacial score (nSPS) is 12.7. The van der Waals surface area contributed by atoms with Crippen LogP contribution in [0.3, 0.4) is 0 Å². The van der Waals surface area contributed by atoms with Crippen LogP contribution in [0.15, 0.2) is 67.1 Å². The summed E-state index contributed by atoms with van der Waals surface area (Å²) in [7, 11) is -10.7. The fraction of sp³-hybridized carbons (Fsp3) is 0.167. The van der Waals surface area contributed by atoms with E-state index in [1.807, 2.05) is 24.4 Å². The molecule has 1 radical (unpaired) electrons. The molecule has 0 aliphatic rings. The Morgan fingerprint density at radius 2 is 1.51 bits per heavy atom. The summed E-state index contributed by atoms with van der Waals surface area (Å²) in [5, 5.41) is 2.38. The van der Waals surface area contributed by atoms with Crippen molar-refractivity contribution in [2.75, 3.05) is 0 Å². The molecular weight excluding hydrogens is 626 g/mol. The number of fused-ring (bicyclic) bond motifs is 3. The number of nitrogens with zero attached hydrogens (tertiary/aromatic N) is 2. The van der Waals surface area contributed by atoms with Gasteiger partial charge >= 0.3 is 52.5 Å². The molecule has 4 nitrogen and oxygen atoms in total. The van der Waals surface area contributed by atoms with Gasteiger partial charge in [-0.1, -0.05) is 44.9 Å². The van der Waals surface area contributed by atoms with Crippen molar-refractivity contribution in [2.24, 2.45) is 0 Å². The van der Waals surface area contributed by atoms with Crippen molar-refractivity contribution in [1.82, 2.24) is 19.9 Å². The average Bonchev–Trinajstić information content (AvgIpc) is 3.40. The van der Waals surface area contributed by atoms with Crippen molar-refractivity contribution >= 4 is 29.6 Å². The third-order valence-electron chi connectivity index (χ3n) is 4.81. The van der Waals surface area contributed by atoms with Gasteiger partial charge in [0.2, 0.25) is 0 Å². The van der Waals surface area contributed by atoms with Crippen molar-refractivity contribution < 1.29 is 57.1 Å². The first-order chi connectivity index (χ1) is 16.1. The van der Waals surface area contributed by atoms with Gasteiger partial charge in [0.1, 0.15) is 5.69 Å². The second-order valence-corrected chi connectivity index (χ2v) is 10.0. The molecular formula is C24H23ClF6N4PRu. The monoisotopic (exact) mass is 649 g/mol. The maximum atomic E-state index is 9.87. The Morgan fingerprint density at radius 1 is 0.865 bits per heavy atom. The SMILES string of the molecule is Cc1[c-]cc(C(C)C)cc1.F[P-](F)(F)(F)(F)F.[Cl-].[Ru+3].c1ccc2c(c1)[nH]c1c(-c3ncc[nH]3)nccc12. The molecule has 5 aromatic rings. The predicted molar refractivity (Wildman–Crippen MR) is 129 cm³/mol. The molecule has 3 aromatic heterocycles. The first-order valence-electron chi connectivity index (χ1n) is 10.5. The molecule has 0 bridgehead atoms. The zero-order valence-corrected chi connectivity index (χ0v) is 23.2. The number of H-pyrrole nitrogens is 2. The molecule has 0 saturated heterocycles. The van der Waals surface area contributed by atoms with Crippen LogP contribution in [-0.4, -0.2) is 19.9 Å². The van der Waals surface area contributed by atoms with E-state index < -0.39 is 7.81 Å². The maximum Gasteiger partial charge on any atom is 3.00 e. The van der Waals surface area contributed by atoms with E-state index in [2.05, 4.69) is 77.1 Å². The van der Waals surface area contributed by atoms with Crippen LogP contribution in [0, 0.1) is 13.0 Å². The van der Waals surface area contributed by atoms with Crippen LogP contribution in [0.2, 0.25) is 0 Å². The van der Waals surface area contributed by atoms with Crippen LogP contribution in [-0.2, 0) is 19.5 Å². The van der Waals surface area contributed by atoms with E-state index in [9.17, 15) is 25.2 Å². The van der Waals surface area contributed by atoms with Gasteiger partial charge in [-0.05, 0) is 12.1 Å². The number of hydrogen-bond donors (Lipinski definition) is 2. The number of rotatable bonds is 2. The van der Waals surface area contributed by atoms with Crippen LogP contribution in [0.1, 0.15) is 30.9 Å². The second kappa shape index (κ2) is 11.5. The summed E-state index contributed by atoms with van der Waals surface area (Å²) in [4.78, 5) is 15.2. The van der Waals surface area contributed by atoms with Gasteiger partial charge in [-0.15, -0.1) is 0 Å². The number of aromatic nitrogens is 4. The number of imidazole rings is 1. The molecule has 201 valence electrons. The summed E-state index contributed by atoms with van der Waals surface area (Å²) in [5.41, 5.74) is 5.57. The molecule has 0 aliphatic heterocycles. The largest absolute Gasteiger partial charge is 3.00 e. The van der Waals surface area contributed by atoms with Crippen molar-refractivity contribution in [3.63, 3.8) is 0 Å². The maximum absolute atomic E-state index is 10.7. The van der Waals surface area contributed by atoms with Crippen LogP contribution in [0.25, 0.3) is 33.3 Å². The van der Waals surface area contributed by atoms with Gasteiger partial charge in [-0.25, -0.2) is 4.98 Å². The van der Waals surface area contributed by atoms with Crippen LogP contribution in [0.5, 0.6) is 0 Å². The minimum absolute atomic E-state index is 0. The van der Waals surface area contributed by atoms with Gasteiger partial charge < -0.3 is 22.4 Å². The van der Waals surface area contributed by atoms with Crippen LogP contribution >= 0.6 is 7.81 Å². The molecule has 0 spiro atoms. The molecule has 0 fully saturated rings. The third-order valence-corrected chi connectivity index (χ3v) is 4.81. The third kappa shape index (κ3) is 10.8.